The maximum absolute atomic E-state index is 12.4. The lowest BCUT2D eigenvalue weighted by molar-refractivity contribution is -0.125. The van der Waals surface area contributed by atoms with E-state index in [0.29, 0.717) is 11.1 Å². The van der Waals surface area contributed by atoms with Gasteiger partial charge in [0.15, 0.2) is 0 Å². The van der Waals surface area contributed by atoms with E-state index in [0.717, 1.165) is 50.2 Å². The van der Waals surface area contributed by atoms with Crippen molar-refractivity contribution in [3.05, 3.63) is 16.4 Å². The van der Waals surface area contributed by atoms with Crippen molar-refractivity contribution in [3.63, 3.8) is 0 Å². The number of guanidine groups is 1. The summed E-state index contributed by atoms with van der Waals surface area (Å²) in [4.78, 5) is 21.2. The highest BCUT2D eigenvalue weighted by Gasteiger charge is 2.46. The second-order valence-electron chi connectivity index (χ2n) is 6.78. The molecule has 0 aromatic carbocycles. The third-order valence-corrected chi connectivity index (χ3v) is 5.42. The molecule has 0 atom stereocenters. The molecular formula is C16H25ClN6O. The molecule has 0 aliphatic carbocycles. The van der Waals surface area contributed by atoms with Crippen molar-refractivity contribution < 1.29 is 4.79 Å². The average molecular weight is 353 g/mol. The molecule has 132 valence electrons. The maximum atomic E-state index is 12.4. The monoisotopic (exact) mass is 352 g/mol. The van der Waals surface area contributed by atoms with E-state index in [2.05, 4.69) is 27.2 Å². The number of aliphatic imine (C=N–C) groups is 1. The number of aryl methyl sites for hydroxylation is 2. The lowest BCUT2D eigenvalue weighted by atomic mass is 9.88. The molecule has 1 aromatic heterocycles. The van der Waals surface area contributed by atoms with Gasteiger partial charge in [0.2, 0.25) is 5.96 Å². The Morgan fingerprint density at radius 3 is 2.54 bits per heavy atom. The van der Waals surface area contributed by atoms with E-state index in [4.69, 9.17) is 11.6 Å². The zero-order valence-electron chi connectivity index (χ0n) is 14.8. The van der Waals surface area contributed by atoms with Crippen molar-refractivity contribution in [3.8, 4) is 0 Å². The Labute approximate surface area is 147 Å². The molecule has 0 radical (unpaired) electrons. The van der Waals surface area contributed by atoms with Crippen LogP contribution in [-0.4, -0.2) is 64.2 Å². The van der Waals surface area contributed by atoms with Crippen molar-refractivity contribution in [1.82, 2.24) is 24.9 Å². The van der Waals surface area contributed by atoms with Gasteiger partial charge in [0.05, 0.1) is 5.69 Å². The van der Waals surface area contributed by atoms with Crippen molar-refractivity contribution in [2.24, 2.45) is 12.0 Å². The Hall–Kier alpha value is -1.60. The van der Waals surface area contributed by atoms with Crippen LogP contribution in [0.4, 0.5) is 0 Å². The molecule has 7 nitrogen and oxygen atoms in total. The summed E-state index contributed by atoms with van der Waals surface area (Å²) >= 11 is 6.39. The van der Waals surface area contributed by atoms with Crippen LogP contribution >= 0.6 is 11.6 Å². The van der Waals surface area contributed by atoms with Crippen molar-refractivity contribution >= 4 is 23.5 Å². The molecule has 0 saturated carbocycles. The van der Waals surface area contributed by atoms with Gasteiger partial charge < -0.3 is 4.90 Å². The first-order valence-corrected chi connectivity index (χ1v) is 8.75. The van der Waals surface area contributed by atoms with Crippen LogP contribution in [-0.2, 0) is 24.8 Å². The summed E-state index contributed by atoms with van der Waals surface area (Å²) in [7, 11) is 5.66. The van der Waals surface area contributed by atoms with Crippen molar-refractivity contribution in [2.45, 2.75) is 38.3 Å². The van der Waals surface area contributed by atoms with Crippen LogP contribution in [0.15, 0.2) is 4.99 Å². The molecule has 1 amide bonds. The van der Waals surface area contributed by atoms with E-state index in [1.807, 2.05) is 26.0 Å². The van der Waals surface area contributed by atoms with E-state index in [1.54, 1.807) is 4.68 Å². The van der Waals surface area contributed by atoms with Crippen molar-refractivity contribution in [1.29, 1.82) is 0 Å². The molecule has 1 saturated heterocycles. The van der Waals surface area contributed by atoms with Gasteiger partial charge in [-0.1, -0.05) is 18.5 Å². The van der Waals surface area contributed by atoms with Gasteiger partial charge in [-0.3, -0.25) is 19.7 Å². The van der Waals surface area contributed by atoms with Crippen LogP contribution in [0.1, 0.15) is 31.0 Å². The molecule has 1 fully saturated rings. The predicted molar refractivity (Wildman–Crippen MR) is 94.1 cm³/mol. The highest BCUT2D eigenvalue weighted by Crippen LogP contribution is 2.32. The fourth-order valence-corrected chi connectivity index (χ4v) is 3.60. The Morgan fingerprint density at radius 2 is 2.00 bits per heavy atom. The van der Waals surface area contributed by atoms with E-state index >= 15 is 0 Å². The number of aromatic nitrogens is 2. The number of halogens is 1. The van der Waals surface area contributed by atoms with Crippen LogP contribution in [0.25, 0.3) is 0 Å². The average Bonchev–Trinajstić information content (AvgIpc) is 3.02. The number of nitrogens with zero attached hydrogens (tertiary/aromatic N) is 5. The lowest BCUT2D eigenvalue weighted by Gasteiger charge is -2.35. The number of carbonyl (C=O) groups excluding carboxylic acids is 1. The Bertz CT molecular complexity index is 672. The van der Waals surface area contributed by atoms with E-state index in [-0.39, 0.29) is 5.91 Å². The third-order valence-electron chi connectivity index (χ3n) is 4.94. The van der Waals surface area contributed by atoms with Gasteiger partial charge in [0, 0.05) is 46.3 Å². The van der Waals surface area contributed by atoms with Gasteiger partial charge in [0.25, 0.3) is 5.91 Å². The minimum atomic E-state index is -0.595. The molecule has 2 aliphatic rings. The summed E-state index contributed by atoms with van der Waals surface area (Å²) in [6.45, 7) is 4.52. The minimum absolute atomic E-state index is 0.0273. The number of carbonyl (C=O) groups is 1. The second kappa shape index (κ2) is 6.37. The Balaban J connectivity index is 1.69. The fraction of sp³-hybridized carbons (Fsp3) is 0.688. The smallest absolute Gasteiger partial charge is 0.254 e. The number of nitrogens with one attached hydrogen (secondary N) is 1. The van der Waals surface area contributed by atoms with E-state index in [1.165, 1.54) is 0 Å². The van der Waals surface area contributed by atoms with Crippen LogP contribution in [0.5, 0.6) is 0 Å². The van der Waals surface area contributed by atoms with Crippen LogP contribution in [0.3, 0.4) is 0 Å². The third kappa shape index (κ3) is 2.91. The lowest BCUT2D eigenvalue weighted by Crippen LogP contribution is -2.49. The van der Waals surface area contributed by atoms with Crippen molar-refractivity contribution in [2.75, 3.05) is 27.2 Å². The van der Waals surface area contributed by atoms with Crippen LogP contribution < -0.4 is 5.32 Å². The van der Waals surface area contributed by atoms with Gasteiger partial charge in [-0.25, -0.2) is 4.99 Å². The molecule has 1 N–H and O–H groups in total. The van der Waals surface area contributed by atoms with Gasteiger partial charge in [-0.2, -0.15) is 5.10 Å². The van der Waals surface area contributed by atoms with Gasteiger partial charge in [0.1, 0.15) is 10.7 Å². The first kappa shape index (κ1) is 17.2. The first-order chi connectivity index (χ1) is 11.4. The quantitative estimate of drug-likeness (QED) is 0.882. The highest BCUT2D eigenvalue weighted by atomic mass is 35.5. The number of piperidine rings is 1. The van der Waals surface area contributed by atoms with E-state index in [9.17, 15) is 4.79 Å². The Morgan fingerprint density at radius 1 is 1.33 bits per heavy atom. The van der Waals surface area contributed by atoms with Crippen LogP contribution in [0.2, 0.25) is 5.15 Å². The predicted octanol–water partition coefficient (Wildman–Crippen LogP) is 1.02. The summed E-state index contributed by atoms with van der Waals surface area (Å²) in [6.07, 6.45) is 2.33. The molecule has 1 spiro atoms. The van der Waals surface area contributed by atoms with Gasteiger partial charge >= 0.3 is 0 Å². The standard InChI is InChI=1S/C16H25ClN6O/c1-5-12-11(13(17)22(4)20-12)10-23-8-6-16(7-9-23)14(24)18-15(19-16)21(2)3/h5-10H2,1-4H3,(H,18,19,24). The molecule has 1 aromatic rings. The topological polar surface area (TPSA) is 65.8 Å². The zero-order valence-corrected chi connectivity index (χ0v) is 15.5. The fourth-order valence-electron chi connectivity index (χ4n) is 3.39. The number of hydrogen-bond donors (Lipinski definition) is 1. The maximum Gasteiger partial charge on any atom is 0.254 e. The molecule has 3 heterocycles. The van der Waals surface area contributed by atoms with Gasteiger partial charge in [-0.05, 0) is 19.3 Å². The number of rotatable bonds is 3. The summed E-state index contributed by atoms with van der Waals surface area (Å²) in [6, 6.07) is 0. The number of hydrogen-bond acceptors (Lipinski definition) is 5. The SMILES string of the molecule is CCc1nn(C)c(Cl)c1CN1CCC2(CC1)N=C(N(C)C)NC2=O. The van der Waals surface area contributed by atoms with Gasteiger partial charge in [-0.15, -0.1) is 0 Å². The summed E-state index contributed by atoms with van der Waals surface area (Å²) in [5.41, 5.74) is 1.56. The minimum Gasteiger partial charge on any atom is -0.349 e. The molecule has 24 heavy (non-hydrogen) atoms. The number of amides is 1. The Kier molecular flexibility index (Phi) is 4.57. The summed E-state index contributed by atoms with van der Waals surface area (Å²) < 4.78 is 1.74. The molecule has 2 aliphatic heterocycles. The molecular weight excluding hydrogens is 328 g/mol. The number of likely N-dealkylation sites (tertiary alicyclic amines) is 1. The van der Waals surface area contributed by atoms with Crippen LogP contribution in [0, 0.1) is 0 Å². The first-order valence-electron chi connectivity index (χ1n) is 8.37. The summed E-state index contributed by atoms with van der Waals surface area (Å²) in [5, 5.41) is 8.07. The molecule has 0 bridgehead atoms. The largest absolute Gasteiger partial charge is 0.349 e. The molecule has 8 heteroatoms. The zero-order chi connectivity index (χ0) is 17.5. The normalized spacial score (nSPS) is 20.4. The summed E-state index contributed by atoms with van der Waals surface area (Å²) in [5.74, 6) is 0.691. The van der Waals surface area contributed by atoms with E-state index < -0.39 is 5.54 Å². The molecule has 0 unspecified atom stereocenters. The molecule has 3 rings (SSSR count). The highest BCUT2D eigenvalue weighted by molar-refractivity contribution is 6.30. The second-order valence-corrected chi connectivity index (χ2v) is 7.14.